The van der Waals surface area contributed by atoms with Crippen molar-refractivity contribution in [2.75, 3.05) is 24.6 Å². The topological polar surface area (TPSA) is 12.5 Å². The van der Waals surface area contributed by atoms with E-state index < -0.39 is 11.7 Å². The Balaban J connectivity index is 2.15. The summed E-state index contributed by atoms with van der Waals surface area (Å²) < 4.78 is 44.7. The molecular formula is C15H19ClF3NO. The Morgan fingerprint density at radius 1 is 1.29 bits per heavy atom. The van der Waals surface area contributed by atoms with Crippen LogP contribution in [0.3, 0.4) is 0 Å². The number of hydrogen-bond donors (Lipinski definition) is 0. The van der Waals surface area contributed by atoms with Crippen molar-refractivity contribution in [3.05, 3.63) is 29.3 Å². The smallest absolute Gasteiger partial charge is 0.378 e. The highest BCUT2D eigenvalue weighted by molar-refractivity contribution is 6.17. The van der Waals surface area contributed by atoms with Gasteiger partial charge in [0.15, 0.2) is 0 Å². The number of hydrogen-bond acceptors (Lipinski definition) is 2. The second kappa shape index (κ2) is 6.88. The average molecular weight is 322 g/mol. The zero-order chi connectivity index (χ0) is 15.5. The quantitative estimate of drug-likeness (QED) is 0.760. The molecule has 0 radical (unpaired) electrons. The van der Waals surface area contributed by atoms with Crippen LogP contribution in [0.2, 0.25) is 0 Å². The monoisotopic (exact) mass is 321 g/mol. The Kier molecular flexibility index (Phi) is 5.38. The van der Waals surface area contributed by atoms with Crippen LogP contribution < -0.4 is 4.90 Å². The molecule has 1 aromatic rings. The number of piperidine rings is 1. The summed E-state index contributed by atoms with van der Waals surface area (Å²) in [5.74, 6) is -0.137. The van der Waals surface area contributed by atoms with Gasteiger partial charge in [-0.05, 0) is 37.5 Å². The third kappa shape index (κ3) is 4.04. The van der Waals surface area contributed by atoms with Gasteiger partial charge >= 0.3 is 6.18 Å². The van der Waals surface area contributed by atoms with Gasteiger partial charge < -0.3 is 9.64 Å². The summed E-state index contributed by atoms with van der Waals surface area (Å²) >= 11 is 5.60. The minimum absolute atomic E-state index is 0.122. The van der Waals surface area contributed by atoms with Crippen LogP contribution in [0.25, 0.3) is 0 Å². The Labute approximate surface area is 127 Å². The van der Waals surface area contributed by atoms with Crippen molar-refractivity contribution in [3.63, 3.8) is 0 Å². The van der Waals surface area contributed by atoms with E-state index in [4.69, 9.17) is 16.3 Å². The van der Waals surface area contributed by atoms with E-state index in [1.807, 2.05) is 11.8 Å². The van der Waals surface area contributed by atoms with Crippen molar-refractivity contribution < 1.29 is 17.9 Å². The lowest BCUT2D eigenvalue weighted by atomic mass is 10.0. The molecular weight excluding hydrogens is 303 g/mol. The van der Waals surface area contributed by atoms with Gasteiger partial charge in [0.05, 0.1) is 11.7 Å². The molecule has 1 aliphatic heterocycles. The third-order valence-corrected chi connectivity index (χ3v) is 4.04. The van der Waals surface area contributed by atoms with Gasteiger partial charge in [0.2, 0.25) is 0 Å². The summed E-state index contributed by atoms with van der Waals surface area (Å²) in [6, 6.07) is 4.40. The molecule has 1 aromatic carbocycles. The van der Waals surface area contributed by atoms with Crippen molar-refractivity contribution in [2.45, 2.75) is 37.9 Å². The minimum atomic E-state index is -4.37. The predicted octanol–water partition coefficient (Wildman–Crippen LogP) is 4.45. The first-order valence-corrected chi connectivity index (χ1v) is 7.61. The van der Waals surface area contributed by atoms with E-state index in [1.165, 1.54) is 12.1 Å². The van der Waals surface area contributed by atoms with E-state index in [2.05, 4.69) is 0 Å². The van der Waals surface area contributed by atoms with Gasteiger partial charge in [0.1, 0.15) is 0 Å². The van der Waals surface area contributed by atoms with Crippen molar-refractivity contribution >= 4 is 17.3 Å². The fraction of sp³-hybridized carbons (Fsp3) is 0.600. The standard InChI is InChI=1S/C15H19ClF3NO/c1-2-21-13-5-7-20(8-6-13)12-4-3-11(10-16)14(9-12)15(17,18)19/h3-4,9,13H,2,5-8,10H2,1H3. The number of benzene rings is 1. The molecule has 0 spiro atoms. The fourth-order valence-electron chi connectivity index (χ4n) is 2.66. The van der Waals surface area contributed by atoms with Crippen LogP contribution in [0.4, 0.5) is 18.9 Å². The molecule has 21 heavy (non-hydrogen) atoms. The number of anilines is 1. The number of halogens is 4. The number of ether oxygens (including phenoxy) is 1. The van der Waals surface area contributed by atoms with E-state index in [0.717, 1.165) is 12.8 Å². The second-order valence-electron chi connectivity index (χ2n) is 5.11. The SMILES string of the molecule is CCOC1CCN(c2ccc(CCl)c(C(F)(F)F)c2)CC1. The lowest BCUT2D eigenvalue weighted by molar-refractivity contribution is -0.138. The summed E-state index contributed by atoms with van der Waals surface area (Å²) in [5.41, 5.74) is 0.0881. The van der Waals surface area contributed by atoms with Crippen LogP contribution >= 0.6 is 11.6 Å². The van der Waals surface area contributed by atoms with Crippen molar-refractivity contribution in [2.24, 2.45) is 0 Å². The molecule has 2 rings (SSSR count). The van der Waals surface area contributed by atoms with Crippen molar-refractivity contribution in [1.82, 2.24) is 0 Å². The van der Waals surface area contributed by atoms with Crippen LogP contribution in [-0.2, 0) is 16.8 Å². The van der Waals surface area contributed by atoms with Gasteiger partial charge in [-0.15, -0.1) is 11.6 Å². The first kappa shape index (κ1) is 16.4. The fourth-order valence-corrected chi connectivity index (χ4v) is 2.89. The van der Waals surface area contributed by atoms with Gasteiger partial charge in [-0.1, -0.05) is 6.07 Å². The predicted molar refractivity (Wildman–Crippen MR) is 77.9 cm³/mol. The number of nitrogens with zero attached hydrogens (tertiary/aromatic N) is 1. The maximum Gasteiger partial charge on any atom is 0.416 e. The highest BCUT2D eigenvalue weighted by Gasteiger charge is 2.34. The Morgan fingerprint density at radius 2 is 1.95 bits per heavy atom. The summed E-state index contributed by atoms with van der Waals surface area (Å²) in [6.07, 6.45) is -2.47. The maximum atomic E-state index is 13.0. The molecule has 1 fully saturated rings. The van der Waals surface area contributed by atoms with E-state index >= 15 is 0 Å². The molecule has 0 saturated carbocycles. The molecule has 0 bridgehead atoms. The zero-order valence-corrected chi connectivity index (χ0v) is 12.7. The molecule has 1 saturated heterocycles. The average Bonchev–Trinajstić information content (AvgIpc) is 2.47. The molecule has 2 nitrogen and oxygen atoms in total. The van der Waals surface area contributed by atoms with E-state index in [0.29, 0.717) is 25.4 Å². The first-order chi connectivity index (χ1) is 9.95. The Hall–Kier alpha value is -0.940. The lowest BCUT2D eigenvalue weighted by Crippen LogP contribution is -2.37. The van der Waals surface area contributed by atoms with E-state index in [-0.39, 0.29) is 17.5 Å². The number of alkyl halides is 4. The van der Waals surface area contributed by atoms with Crippen LogP contribution in [0.1, 0.15) is 30.9 Å². The Bertz CT molecular complexity index is 470. The largest absolute Gasteiger partial charge is 0.416 e. The number of rotatable bonds is 4. The maximum absolute atomic E-state index is 13.0. The van der Waals surface area contributed by atoms with Crippen LogP contribution in [0.15, 0.2) is 18.2 Å². The molecule has 1 aliphatic rings. The molecule has 1 heterocycles. The van der Waals surface area contributed by atoms with Crippen molar-refractivity contribution in [3.8, 4) is 0 Å². The van der Waals surface area contributed by atoms with Crippen molar-refractivity contribution in [1.29, 1.82) is 0 Å². The normalized spacial score (nSPS) is 17.3. The highest BCUT2D eigenvalue weighted by atomic mass is 35.5. The minimum Gasteiger partial charge on any atom is -0.378 e. The molecule has 0 atom stereocenters. The molecule has 118 valence electrons. The highest BCUT2D eigenvalue weighted by Crippen LogP contribution is 2.36. The summed E-state index contributed by atoms with van der Waals surface area (Å²) in [4.78, 5) is 1.97. The first-order valence-electron chi connectivity index (χ1n) is 7.08. The summed E-state index contributed by atoms with van der Waals surface area (Å²) in [6.45, 7) is 4.05. The summed E-state index contributed by atoms with van der Waals surface area (Å²) in [5, 5.41) is 0. The lowest BCUT2D eigenvalue weighted by Gasteiger charge is -2.33. The van der Waals surface area contributed by atoms with Gasteiger partial charge in [-0.25, -0.2) is 0 Å². The van der Waals surface area contributed by atoms with Gasteiger partial charge in [0, 0.05) is 31.3 Å². The van der Waals surface area contributed by atoms with E-state index in [1.54, 1.807) is 6.07 Å². The summed E-state index contributed by atoms with van der Waals surface area (Å²) in [7, 11) is 0. The van der Waals surface area contributed by atoms with Crippen LogP contribution in [0, 0.1) is 0 Å². The molecule has 0 amide bonds. The van der Waals surface area contributed by atoms with Gasteiger partial charge in [0.25, 0.3) is 0 Å². The van der Waals surface area contributed by atoms with Gasteiger partial charge in [-0.3, -0.25) is 0 Å². The Morgan fingerprint density at radius 3 is 2.48 bits per heavy atom. The molecule has 0 aliphatic carbocycles. The molecule has 6 heteroatoms. The van der Waals surface area contributed by atoms with Crippen LogP contribution in [0.5, 0.6) is 0 Å². The molecule has 0 N–H and O–H groups in total. The van der Waals surface area contributed by atoms with E-state index in [9.17, 15) is 13.2 Å². The molecule has 0 unspecified atom stereocenters. The molecule has 0 aromatic heterocycles. The second-order valence-corrected chi connectivity index (χ2v) is 5.38. The van der Waals surface area contributed by atoms with Crippen LogP contribution in [-0.4, -0.2) is 25.8 Å². The zero-order valence-electron chi connectivity index (χ0n) is 11.9. The van der Waals surface area contributed by atoms with Gasteiger partial charge in [-0.2, -0.15) is 13.2 Å². The third-order valence-electron chi connectivity index (χ3n) is 3.75.